The van der Waals surface area contributed by atoms with Gasteiger partial charge in [-0.3, -0.25) is 4.79 Å². The fourth-order valence-electron chi connectivity index (χ4n) is 1.62. The molecule has 0 N–H and O–H groups in total. The first-order valence-corrected chi connectivity index (χ1v) is 4.42. The minimum atomic E-state index is 0.293. The summed E-state index contributed by atoms with van der Waals surface area (Å²) in [5.41, 5.74) is 2.18. The number of carbonyl (C=O) groups excluding carboxylic acids is 1. The quantitative estimate of drug-likeness (QED) is 0.622. The molecular formula is C10H13NO. The maximum Gasteiger partial charge on any atom is 0.180 e. The molecule has 1 aliphatic heterocycles. The Kier molecular flexibility index (Phi) is 1.56. The van der Waals surface area contributed by atoms with Gasteiger partial charge in [0.1, 0.15) is 0 Å². The summed E-state index contributed by atoms with van der Waals surface area (Å²) in [7, 11) is 0. The molecule has 0 unspecified atom stereocenters. The monoisotopic (exact) mass is 163 g/mol. The van der Waals surface area contributed by atoms with Crippen LogP contribution in [0.3, 0.4) is 0 Å². The van der Waals surface area contributed by atoms with Crippen LogP contribution in [0.15, 0.2) is 12.3 Å². The molecule has 2 nitrogen and oxygen atoms in total. The van der Waals surface area contributed by atoms with Gasteiger partial charge in [0.15, 0.2) is 5.78 Å². The molecule has 0 atom stereocenters. The molecule has 64 valence electrons. The molecule has 2 heterocycles. The second kappa shape index (κ2) is 2.47. The predicted octanol–water partition coefficient (Wildman–Crippen LogP) is 2.20. The number of carbonyl (C=O) groups is 1. The highest BCUT2D eigenvalue weighted by Gasteiger charge is 2.20. The Morgan fingerprint density at radius 3 is 2.83 bits per heavy atom. The van der Waals surface area contributed by atoms with E-state index in [-0.39, 0.29) is 0 Å². The highest BCUT2D eigenvalue weighted by atomic mass is 16.1. The van der Waals surface area contributed by atoms with E-state index >= 15 is 0 Å². The fourth-order valence-corrected chi connectivity index (χ4v) is 1.62. The average Bonchev–Trinajstić information content (AvgIpc) is 2.53. The van der Waals surface area contributed by atoms with Gasteiger partial charge in [0.2, 0.25) is 0 Å². The van der Waals surface area contributed by atoms with E-state index in [9.17, 15) is 4.79 Å². The van der Waals surface area contributed by atoms with Gasteiger partial charge < -0.3 is 4.57 Å². The van der Waals surface area contributed by atoms with Crippen molar-refractivity contribution in [2.45, 2.75) is 32.7 Å². The highest BCUT2D eigenvalue weighted by Crippen LogP contribution is 2.23. The van der Waals surface area contributed by atoms with Crippen molar-refractivity contribution in [3.63, 3.8) is 0 Å². The van der Waals surface area contributed by atoms with Crippen molar-refractivity contribution in [3.05, 3.63) is 23.5 Å². The van der Waals surface area contributed by atoms with Gasteiger partial charge in [-0.1, -0.05) is 13.8 Å². The lowest BCUT2D eigenvalue weighted by Crippen LogP contribution is -1.90. The van der Waals surface area contributed by atoms with E-state index in [0.717, 1.165) is 12.2 Å². The average molecular weight is 163 g/mol. The molecule has 0 aromatic carbocycles. The minimum absolute atomic E-state index is 0.293. The Morgan fingerprint density at radius 2 is 2.25 bits per heavy atom. The van der Waals surface area contributed by atoms with Gasteiger partial charge >= 0.3 is 0 Å². The van der Waals surface area contributed by atoms with Crippen molar-refractivity contribution in [2.24, 2.45) is 0 Å². The largest absolute Gasteiger partial charge is 0.344 e. The number of hydrogen-bond donors (Lipinski definition) is 0. The molecule has 0 radical (unpaired) electrons. The third-order valence-corrected chi connectivity index (χ3v) is 2.45. The van der Waals surface area contributed by atoms with Crippen LogP contribution in [0, 0.1) is 0 Å². The van der Waals surface area contributed by atoms with Crippen molar-refractivity contribution in [2.75, 3.05) is 0 Å². The molecule has 0 aliphatic carbocycles. The van der Waals surface area contributed by atoms with Crippen LogP contribution < -0.4 is 0 Å². The van der Waals surface area contributed by atoms with Crippen LogP contribution in [-0.2, 0) is 6.54 Å². The number of aryl methyl sites for hydroxylation is 1. The maximum absolute atomic E-state index is 11.3. The molecule has 0 spiro atoms. The summed E-state index contributed by atoms with van der Waals surface area (Å²) < 4.78 is 2.07. The molecular weight excluding hydrogens is 150 g/mol. The molecule has 0 amide bonds. The van der Waals surface area contributed by atoms with Crippen molar-refractivity contribution < 1.29 is 4.79 Å². The number of rotatable bonds is 1. The Labute approximate surface area is 72.2 Å². The second-order valence-electron chi connectivity index (χ2n) is 3.68. The third-order valence-electron chi connectivity index (χ3n) is 2.45. The zero-order chi connectivity index (χ0) is 8.72. The Hall–Kier alpha value is -1.05. The molecule has 0 bridgehead atoms. The van der Waals surface area contributed by atoms with Crippen LogP contribution >= 0.6 is 0 Å². The minimum Gasteiger partial charge on any atom is -0.344 e. The normalized spacial score (nSPS) is 15.8. The lowest BCUT2D eigenvalue weighted by atomic mass is 10.1. The molecule has 0 fully saturated rings. The fraction of sp³-hybridized carbons (Fsp3) is 0.500. The SMILES string of the molecule is CC(C)c1cc2n(c1)CCC2=O. The summed E-state index contributed by atoms with van der Waals surface area (Å²) in [5.74, 6) is 0.817. The zero-order valence-corrected chi connectivity index (χ0v) is 7.50. The Bertz CT molecular complexity index is 323. The van der Waals surface area contributed by atoms with E-state index < -0.39 is 0 Å². The number of fused-ring (bicyclic) bond motifs is 1. The summed E-state index contributed by atoms with van der Waals surface area (Å²) in [5, 5.41) is 0. The Morgan fingerprint density at radius 1 is 1.50 bits per heavy atom. The number of ketones is 1. The van der Waals surface area contributed by atoms with Crippen LogP contribution in [0.25, 0.3) is 0 Å². The molecule has 1 aromatic heterocycles. The van der Waals surface area contributed by atoms with Crippen LogP contribution in [0.1, 0.15) is 42.2 Å². The molecule has 1 aromatic rings. The summed E-state index contributed by atoms with van der Waals surface area (Å²) >= 11 is 0. The van der Waals surface area contributed by atoms with E-state index in [1.807, 2.05) is 6.07 Å². The molecule has 1 aliphatic rings. The first-order valence-electron chi connectivity index (χ1n) is 4.42. The molecule has 0 saturated carbocycles. The summed E-state index contributed by atoms with van der Waals surface area (Å²) in [6, 6.07) is 2.03. The smallest absolute Gasteiger partial charge is 0.180 e. The number of nitrogens with zero attached hydrogens (tertiary/aromatic N) is 1. The van der Waals surface area contributed by atoms with Gasteiger partial charge in [-0.2, -0.15) is 0 Å². The highest BCUT2D eigenvalue weighted by molar-refractivity contribution is 5.96. The first-order chi connectivity index (χ1) is 5.68. The van der Waals surface area contributed by atoms with Gasteiger partial charge in [0.05, 0.1) is 5.69 Å². The maximum atomic E-state index is 11.3. The predicted molar refractivity (Wildman–Crippen MR) is 47.5 cm³/mol. The van der Waals surface area contributed by atoms with Crippen molar-refractivity contribution in [1.82, 2.24) is 4.57 Å². The summed E-state index contributed by atoms with van der Waals surface area (Å²) in [6.07, 6.45) is 2.79. The zero-order valence-electron chi connectivity index (χ0n) is 7.50. The van der Waals surface area contributed by atoms with E-state index in [0.29, 0.717) is 18.1 Å². The van der Waals surface area contributed by atoms with E-state index in [1.54, 1.807) is 0 Å². The van der Waals surface area contributed by atoms with Gasteiger partial charge in [-0.05, 0) is 17.5 Å². The Balaban J connectivity index is 2.43. The second-order valence-corrected chi connectivity index (χ2v) is 3.68. The molecule has 2 heteroatoms. The van der Waals surface area contributed by atoms with E-state index in [2.05, 4.69) is 24.6 Å². The lowest BCUT2D eigenvalue weighted by molar-refractivity contribution is 0.0994. The first kappa shape index (κ1) is 7.59. The van der Waals surface area contributed by atoms with E-state index in [4.69, 9.17) is 0 Å². The standard InChI is InChI=1S/C10H13NO/c1-7(2)8-5-9-10(12)3-4-11(9)6-8/h5-7H,3-4H2,1-2H3. The van der Waals surface area contributed by atoms with Crippen LogP contribution in [0.4, 0.5) is 0 Å². The lowest BCUT2D eigenvalue weighted by Gasteiger charge is -1.98. The molecule has 0 saturated heterocycles. The van der Waals surface area contributed by atoms with E-state index in [1.165, 1.54) is 5.56 Å². The number of Topliss-reactive ketones (excluding diaryl/α,β-unsaturated/α-hetero) is 1. The van der Waals surface area contributed by atoms with Gasteiger partial charge in [-0.25, -0.2) is 0 Å². The third kappa shape index (κ3) is 0.986. The van der Waals surface area contributed by atoms with Crippen LogP contribution in [0.5, 0.6) is 0 Å². The summed E-state index contributed by atoms with van der Waals surface area (Å²) in [4.78, 5) is 11.3. The summed E-state index contributed by atoms with van der Waals surface area (Å²) in [6.45, 7) is 5.17. The van der Waals surface area contributed by atoms with Gasteiger partial charge in [0, 0.05) is 19.2 Å². The van der Waals surface area contributed by atoms with Crippen molar-refractivity contribution in [1.29, 1.82) is 0 Å². The number of hydrogen-bond acceptors (Lipinski definition) is 1. The van der Waals surface area contributed by atoms with Gasteiger partial charge in [-0.15, -0.1) is 0 Å². The molecule has 2 rings (SSSR count). The molecule has 12 heavy (non-hydrogen) atoms. The van der Waals surface area contributed by atoms with Crippen LogP contribution in [-0.4, -0.2) is 10.4 Å². The topological polar surface area (TPSA) is 22.0 Å². The van der Waals surface area contributed by atoms with Crippen LogP contribution in [0.2, 0.25) is 0 Å². The van der Waals surface area contributed by atoms with Gasteiger partial charge in [0.25, 0.3) is 0 Å². The van der Waals surface area contributed by atoms with Crippen molar-refractivity contribution in [3.8, 4) is 0 Å². The number of aromatic nitrogens is 1. The van der Waals surface area contributed by atoms with Crippen molar-refractivity contribution >= 4 is 5.78 Å².